The van der Waals surface area contributed by atoms with Gasteiger partial charge < -0.3 is 10.1 Å². The summed E-state index contributed by atoms with van der Waals surface area (Å²) < 4.78 is 7.50. The predicted molar refractivity (Wildman–Crippen MR) is 151 cm³/mol. The van der Waals surface area contributed by atoms with Crippen LogP contribution < -0.4 is 10.9 Å². The van der Waals surface area contributed by atoms with Crippen molar-refractivity contribution in [1.82, 2.24) is 14.5 Å². The first-order valence-corrected chi connectivity index (χ1v) is 13.4. The number of anilines is 1. The zero-order valence-corrected chi connectivity index (χ0v) is 21.9. The monoisotopic (exact) mass is 522 g/mol. The maximum atomic E-state index is 13.8. The van der Waals surface area contributed by atoms with Crippen molar-refractivity contribution in [3.63, 3.8) is 0 Å². The molecular formula is C30H26N4O3S. The third-order valence-corrected chi connectivity index (χ3v) is 7.56. The fourth-order valence-electron chi connectivity index (χ4n) is 4.73. The molecule has 0 bridgehead atoms. The maximum absolute atomic E-state index is 13.8. The minimum Gasteiger partial charge on any atom is -0.370 e. The van der Waals surface area contributed by atoms with Crippen molar-refractivity contribution >= 4 is 45.2 Å². The van der Waals surface area contributed by atoms with E-state index in [0.29, 0.717) is 34.9 Å². The molecule has 1 amide bonds. The van der Waals surface area contributed by atoms with Crippen LogP contribution in [-0.2, 0) is 22.6 Å². The SMILES string of the molecule is CC1(C)Cc2nc3nc(SCC(=O)Nc4cccc5ccccc45)n(-c4ccccc4)c(=O)c3cc2CO1. The molecule has 0 saturated carbocycles. The molecule has 6 rings (SSSR count). The van der Waals surface area contributed by atoms with Crippen LogP contribution in [0.15, 0.2) is 88.8 Å². The largest absolute Gasteiger partial charge is 0.370 e. The summed E-state index contributed by atoms with van der Waals surface area (Å²) in [7, 11) is 0. The number of thioether (sulfide) groups is 1. The maximum Gasteiger partial charge on any atom is 0.268 e. The number of carbonyl (C=O) groups is 1. The first kappa shape index (κ1) is 24.3. The van der Waals surface area contributed by atoms with Crippen LogP contribution in [0.4, 0.5) is 5.69 Å². The Morgan fingerprint density at radius 3 is 2.61 bits per heavy atom. The summed E-state index contributed by atoms with van der Waals surface area (Å²) in [5, 5.41) is 5.88. The van der Waals surface area contributed by atoms with E-state index in [1.165, 1.54) is 11.8 Å². The summed E-state index contributed by atoms with van der Waals surface area (Å²) in [4.78, 5) is 36.4. The number of amides is 1. The fraction of sp³-hybridized carbons (Fsp3) is 0.200. The Balaban J connectivity index is 1.36. The molecule has 7 nitrogen and oxygen atoms in total. The average Bonchev–Trinajstić information content (AvgIpc) is 2.91. The molecule has 0 saturated heterocycles. The minimum atomic E-state index is -0.329. The van der Waals surface area contributed by atoms with Gasteiger partial charge in [0.25, 0.3) is 5.56 Å². The van der Waals surface area contributed by atoms with Gasteiger partial charge in [0, 0.05) is 23.1 Å². The lowest BCUT2D eigenvalue weighted by atomic mass is 9.95. The van der Waals surface area contributed by atoms with E-state index in [2.05, 4.69) is 5.32 Å². The lowest BCUT2D eigenvalue weighted by Gasteiger charge is -2.31. The smallest absolute Gasteiger partial charge is 0.268 e. The number of nitrogens with zero attached hydrogens (tertiary/aromatic N) is 3. The van der Waals surface area contributed by atoms with E-state index in [1.54, 1.807) is 4.57 Å². The number of fused-ring (bicyclic) bond motifs is 3. The average molecular weight is 523 g/mol. The number of para-hydroxylation sites is 1. The molecule has 190 valence electrons. The van der Waals surface area contributed by atoms with Crippen molar-refractivity contribution in [3.05, 3.63) is 100 Å². The molecule has 38 heavy (non-hydrogen) atoms. The number of hydrogen-bond donors (Lipinski definition) is 1. The lowest BCUT2D eigenvalue weighted by molar-refractivity contribution is -0.113. The van der Waals surface area contributed by atoms with Gasteiger partial charge in [-0.15, -0.1) is 0 Å². The zero-order valence-electron chi connectivity index (χ0n) is 21.1. The molecule has 2 aromatic heterocycles. The van der Waals surface area contributed by atoms with Crippen molar-refractivity contribution in [2.75, 3.05) is 11.1 Å². The molecule has 3 aromatic carbocycles. The number of carbonyl (C=O) groups excluding carboxylic acids is 1. The van der Waals surface area contributed by atoms with Gasteiger partial charge in [0.2, 0.25) is 5.91 Å². The van der Waals surface area contributed by atoms with Gasteiger partial charge in [-0.3, -0.25) is 14.2 Å². The van der Waals surface area contributed by atoms with Crippen LogP contribution in [0.25, 0.3) is 27.5 Å². The Hall–Kier alpha value is -4.01. The number of hydrogen-bond acceptors (Lipinski definition) is 6. The zero-order chi connectivity index (χ0) is 26.3. The molecule has 0 radical (unpaired) electrons. The topological polar surface area (TPSA) is 86.1 Å². The van der Waals surface area contributed by atoms with Crippen LogP contribution >= 0.6 is 11.8 Å². The second-order valence-corrected chi connectivity index (χ2v) is 10.9. The first-order chi connectivity index (χ1) is 18.4. The van der Waals surface area contributed by atoms with E-state index in [4.69, 9.17) is 14.7 Å². The summed E-state index contributed by atoms with van der Waals surface area (Å²) in [6.07, 6.45) is 0.637. The van der Waals surface area contributed by atoms with E-state index >= 15 is 0 Å². The number of rotatable bonds is 5. The van der Waals surface area contributed by atoms with Crippen molar-refractivity contribution in [3.8, 4) is 5.69 Å². The molecule has 5 aromatic rings. The van der Waals surface area contributed by atoms with Gasteiger partial charge in [-0.05, 0) is 43.5 Å². The van der Waals surface area contributed by atoms with E-state index in [0.717, 1.165) is 27.7 Å². The Morgan fingerprint density at radius 2 is 1.76 bits per heavy atom. The standard InChI is InChI=1S/C30H26N4O3S/c1-30(2)16-25-20(17-37-30)15-23-27(32-25)33-29(34(28(23)36)21-11-4-3-5-12-21)38-18-26(35)31-24-14-8-10-19-9-6-7-13-22(19)24/h3-15H,16-18H2,1-2H3,(H,31,35). The van der Waals surface area contributed by atoms with Crippen LogP contribution in [0.1, 0.15) is 25.1 Å². The lowest BCUT2D eigenvalue weighted by Crippen LogP contribution is -2.33. The Kier molecular flexibility index (Phi) is 6.21. The quantitative estimate of drug-likeness (QED) is 0.242. The van der Waals surface area contributed by atoms with Gasteiger partial charge in [-0.25, -0.2) is 9.97 Å². The highest BCUT2D eigenvalue weighted by molar-refractivity contribution is 7.99. The predicted octanol–water partition coefficient (Wildman–Crippen LogP) is 5.52. The van der Waals surface area contributed by atoms with Gasteiger partial charge in [0.15, 0.2) is 10.8 Å². The molecule has 1 aliphatic heterocycles. The molecule has 3 heterocycles. The molecule has 0 spiro atoms. The normalized spacial score (nSPS) is 14.4. The third kappa shape index (κ3) is 4.68. The Morgan fingerprint density at radius 1 is 1.00 bits per heavy atom. The van der Waals surface area contributed by atoms with E-state index in [9.17, 15) is 9.59 Å². The molecule has 8 heteroatoms. The first-order valence-electron chi connectivity index (χ1n) is 12.4. The van der Waals surface area contributed by atoms with E-state index in [-0.39, 0.29) is 22.8 Å². The van der Waals surface area contributed by atoms with Crippen LogP contribution in [0.5, 0.6) is 0 Å². The Bertz CT molecular complexity index is 1740. The van der Waals surface area contributed by atoms with Gasteiger partial charge in [0.05, 0.1) is 34.7 Å². The van der Waals surface area contributed by atoms with Crippen molar-refractivity contribution < 1.29 is 9.53 Å². The van der Waals surface area contributed by atoms with Crippen LogP contribution in [-0.4, -0.2) is 31.8 Å². The highest BCUT2D eigenvalue weighted by Crippen LogP contribution is 2.29. The molecule has 0 aliphatic carbocycles. The molecule has 0 unspecified atom stereocenters. The van der Waals surface area contributed by atoms with Crippen molar-refractivity contribution in [2.45, 2.75) is 37.6 Å². The van der Waals surface area contributed by atoms with Gasteiger partial charge >= 0.3 is 0 Å². The Labute approximate surface area is 223 Å². The van der Waals surface area contributed by atoms with Crippen LogP contribution in [0.2, 0.25) is 0 Å². The highest BCUT2D eigenvalue weighted by atomic mass is 32.2. The molecular weight excluding hydrogens is 496 g/mol. The highest BCUT2D eigenvalue weighted by Gasteiger charge is 2.28. The number of benzene rings is 3. The van der Waals surface area contributed by atoms with E-state index in [1.807, 2.05) is 92.7 Å². The van der Waals surface area contributed by atoms with Crippen molar-refractivity contribution in [1.29, 1.82) is 0 Å². The van der Waals surface area contributed by atoms with E-state index < -0.39 is 0 Å². The summed E-state index contributed by atoms with van der Waals surface area (Å²) in [5.74, 6) is -0.0996. The number of nitrogens with one attached hydrogen (secondary N) is 1. The molecule has 1 aliphatic rings. The minimum absolute atomic E-state index is 0.0831. The number of aromatic nitrogens is 3. The summed E-state index contributed by atoms with van der Waals surface area (Å²) in [6.45, 7) is 4.46. The van der Waals surface area contributed by atoms with Crippen LogP contribution in [0.3, 0.4) is 0 Å². The second-order valence-electron chi connectivity index (χ2n) is 9.92. The molecule has 1 N–H and O–H groups in total. The fourth-order valence-corrected chi connectivity index (χ4v) is 5.53. The number of pyridine rings is 1. The van der Waals surface area contributed by atoms with Gasteiger partial charge in [-0.2, -0.15) is 0 Å². The van der Waals surface area contributed by atoms with Crippen molar-refractivity contribution in [2.24, 2.45) is 0 Å². The van der Waals surface area contributed by atoms with Crippen LogP contribution in [0, 0.1) is 0 Å². The summed E-state index contributed by atoms with van der Waals surface area (Å²) >= 11 is 1.22. The third-order valence-electron chi connectivity index (χ3n) is 6.62. The van der Waals surface area contributed by atoms with Gasteiger partial charge in [0.1, 0.15) is 0 Å². The summed E-state index contributed by atoms with van der Waals surface area (Å²) in [5.41, 5.74) is 3.06. The second kappa shape index (κ2) is 9.70. The summed E-state index contributed by atoms with van der Waals surface area (Å²) in [6, 6.07) is 24.9. The number of ether oxygens (including phenoxy) is 1. The molecule has 0 fully saturated rings. The van der Waals surface area contributed by atoms with Gasteiger partial charge in [-0.1, -0.05) is 66.4 Å². The molecule has 0 atom stereocenters.